The van der Waals surface area contributed by atoms with E-state index >= 15 is 0 Å². The van der Waals surface area contributed by atoms with Gasteiger partial charge in [0, 0.05) is 18.3 Å². The molecule has 0 aliphatic heterocycles. The van der Waals surface area contributed by atoms with Gasteiger partial charge in [-0.05, 0) is 54.9 Å². The lowest BCUT2D eigenvalue weighted by Gasteiger charge is -2.34. The third kappa shape index (κ3) is 9.42. The first-order valence-corrected chi connectivity index (χ1v) is 15.5. The van der Waals surface area contributed by atoms with Gasteiger partial charge in [0.25, 0.3) is 5.91 Å². The maximum absolute atomic E-state index is 14.2. The first-order valence-electron chi connectivity index (χ1n) is 15.5. The largest absolute Gasteiger partial charge is 0.391 e. The zero-order valence-corrected chi connectivity index (χ0v) is 25.6. The molecular weight excluding hydrogens is 530 g/mol. The molecule has 1 unspecified atom stereocenters. The number of nitrogens with zero attached hydrogens (tertiary/aromatic N) is 3. The number of hydrogen-bond donors (Lipinski definition) is 3. The summed E-state index contributed by atoms with van der Waals surface area (Å²) in [6.45, 7) is 7.69. The Balaban J connectivity index is 1.85. The van der Waals surface area contributed by atoms with Crippen LogP contribution in [-0.4, -0.2) is 55.9 Å². The van der Waals surface area contributed by atoms with Crippen molar-refractivity contribution in [3.63, 3.8) is 0 Å². The number of carbonyl (C=O) groups is 3. The number of amides is 3. The quantitative estimate of drug-likeness (QED) is 0.300. The van der Waals surface area contributed by atoms with E-state index in [0.29, 0.717) is 24.5 Å². The van der Waals surface area contributed by atoms with Gasteiger partial charge in [0.2, 0.25) is 11.8 Å². The molecule has 1 saturated carbocycles. The van der Waals surface area contributed by atoms with Gasteiger partial charge in [-0.25, -0.2) is 0 Å². The Bertz CT molecular complexity index is 1120. The van der Waals surface area contributed by atoms with Crippen LogP contribution in [0.2, 0.25) is 0 Å². The normalized spacial score (nSPS) is 17.6. The zero-order chi connectivity index (χ0) is 30.6. The second-order valence-corrected chi connectivity index (χ2v) is 12.2. The Morgan fingerprint density at radius 3 is 2.24 bits per heavy atom. The van der Waals surface area contributed by atoms with Crippen LogP contribution in [0.5, 0.6) is 0 Å². The fraction of sp³-hybridized carbons (Fsp3) is 0.606. The summed E-state index contributed by atoms with van der Waals surface area (Å²) < 4.78 is 0. The zero-order valence-electron chi connectivity index (χ0n) is 25.6. The van der Waals surface area contributed by atoms with E-state index in [1.54, 1.807) is 42.7 Å². The molecule has 0 saturated heterocycles. The van der Waals surface area contributed by atoms with Crippen LogP contribution in [0.25, 0.3) is 0 Å². The van der Waals surface area contributed by atoms with Gasteiger partial charge in [0.05, 0.1) is 30.4 Å². The smallest absolute Gasteiger partial charge is 0.270 e. The number of aliphatic hydroxyl groups excluding tert-OH is 1. The maximum atomic E-state index is 14.2. The number of aromatic nitrogens is 2. The fourth-order valence-corrected chi connectivity index (χ4v) is 5.71. The lowest BCUT2D eigenvalue weighted by molar-refractivity contribution is -0.151. The number of aliphatic hydroxyl groups is 1. The Labute approximate surface area is 250 Å². The topological polar surface area (TPSA) is 139 Å². The first-order chi connectivity index (χ1) is 20.1. The van der Waals surface area contributed by atoms with E-state index < -0.39 is 30.0 Å². The standard InChI is InChI=1S/C33H49N5O4/c1-5-23(4)30(34)33(42)38(21-25-15-9-11-17-35-25)32(41)26(22(2)3)20-29(39)28(19-24-13-7-6-8-14-24)37-31(40)27-16-10-12-18-36-27/h9-12,15-18,22-24,26,28-30,39H,5-8,13-14,19-21,34H2,1-4H3,(H,37,40)/t23?,26-,28-,29-,30-/m0/s1. The summed E-state index contributed by atoms with van der Waals surface area (Å²) >= 11 is 0. The second-order valence-electron chi connectivity index (χ2n) is 12.2. The summed E-state index contributed by atoms with van der Waals surface area (Å²) in [7, 11) is 0. The molecule has 0 radical (unpaired) electrons. The molecule has 230 valence electrons. The second kappa shape index (κ2) is 16.5. The van der Waals surface area contributed by atoms with Gasteiger partial charge in [-0.2, -0.15) is 0 Å². The molecule has 9 nitrogen and oxygen atoms in total. The third-order valence-corrected chi connectivity index (χ3v) is 8.73. The summed E-state index contributed by atoms with van der Waals surface area (Å²) in [6.07, 6.45) is 9.18. The van der Waals surface area contributed by atoms with Crippen LogP contribution in [0.4, 0.5) is 0 Å². The van der Waals surface area contributed by atoms with Gasteiger partial charge in [0.15, 0.2) is 0 Å². The summed E-state index contributed by atoms with van der Waals surface area (Å²) in [5.41, 5.74) is 7.20. The molecule has 0 aromatic carbocycles. The molecule has 2 aromatic rings. The highest BCUT2D eigenvalue weighted by Crippen LogP contribution is 2.30. The lowest BCUT2D eigenvalue weighted by atomic mass is 9.81. The Morgan fingerprint density at radius 1 is 1.00 bits per heavy atom. The van der Waals surface area contributed by atoms with Crippen molar-refractivity contribution in [3.8, 4) is 0 Å². The number of nitrogens with two attached hydrogens (primary N) is 1. The van der Waals surface area contributed by atoms with E-state index in [4.69, 9.17) is 5.73 Å². The van der Waals surface area contributed by atoms with Crippen molar-refractivity contribution < 1.29 is 19.5 Å². The first kappa shape index (κ1) is 33.3. The van der Waals surface area contributed by atoms with Crippen LogP contribution in [0.1, 0.15) is 95.2 Å². The van der Waals surface area contributed by atoms with Gasteiger partial charge in [0.1, 0.15) is 5.69 Å². The molecule has 2 aromatic heterocycles. The summed E-state index contributed by atoms with van der Waals surface area (Å²) in [4.78, 5) is 50.6. The highest BCUT2D eigenvalue weighted by atomic mass is 16.3. The molecule has 2 heterocycles. The Morgan fingerprint density at radius 2 is 1.67 bits per heavy atom. The Kier molecular flexibility index (Phi) is 13.1. The van der Waals surface area contributed by atoms with Crippen molar-refractivity contribution in [3.05, 3.63) is 60.2 Å². The van der Waals surface area contributed by atoms with Crippen molar-refractivity contribution >= 4 is 17.7 Å². The van der Waals surface area contributed by atoms with Gasteiger partial charge in [-0.1, -0.05) is 78.4 Å². The molecule has 1 fully saturated rings. The number of carbonyl (C=O) groups excluding carboxylic acids is 3. The van der Waals surface area contributed by atoms with Crippen LogP contribution in [0.3, 0.4) is 0 Å². The molecule has 0 spiro atoms. The highest BCUT2D eigenvalue weighted by molar-refractivity contribution is 5.99. The van der Waals surface area contributed by atoms with E-state index in [2.05, 4.69) is 15.3 Å². The summed E-state index contributed by atoms with van der Waals surface area (Å²) in [6, 6.07) is 9.11. The lowest BCUT2D eigenvalue weighted by Crippen LogP contribution is -2.52. The van der Waals surface area contributed by atoms with E-state index in [1.165, 1.54) is 11.3 Å². The van der Waals surface area contributed by atoms with Crippen molar-refractivity contribution in [2.75, 3.05) is 0 Å². The predicted molar refractivity (Wildman–Crippen MR) is 163 cm³/mol. The van der Waals surface area contributed by atoms with E-state index in [0.717, 1.165) is 25.7 Å². The van der Waals surface area contributed by atoms with E-state index in [1.807, 2.05) is 33.8 Å². The highest BCUT2D eigenvalue weighted by Gasteiger charge is 2.38. The summed E-state index contributed by atoms with van der Waals surface area (Å²) in [5.74, 6) is -1.75. The molecule has 3 amide bonds. The van der Waals surface area contributed by atoms with Crippen molar-refractivity contribution in [2.45, 2.75) is 104 Å². The van der Waals surface area contributed by atoms with Crippen LogP contribution in [-0.2, 0) is 16.1 Å². The number of pyridine rings is 2. The number of imide groups is 1. The number of hydrogen-bond acceptors (Lipinski definition) is 7. The van der Waals surface area contributed by atoms with Crippen LogP contribution >= 0.6 is 0 Å². The molecule has 4 N–H and O–H groups in total. The van der Waals surface area contributed by atoms with Crippen LogP contribution in [0, 0.1) is 23.7 Å². The minimum Gasteiger partial charge on any atom is -0.391 e. The molecule has 0 bridgehead atoms. The SMILES string of the molecule is CCC(C)[C@H](N)C(=O)N(Cc1ccccn1)C(=O)[C@@H](C[C@H](O)[C@H](CC1CCCCC1)NC(=O)c1ccccn1)C(C)C. The van der Waals surface area contributed by atoms with Gasteiger partial charge in [-0.3, -0.25) is 29.3 Å². The van der Waals surface area contributed by atoms with Crippen molar-refractivity contribution in [1.29, 1.82) is 0 Å². The molecule has 1 aliphatic rings. The van der Waals surface area contributed by atoms with Gasteiger partial charge in [-0.15, -0.1) is 0 Å². The number of nitrogens with one attached hydrogen (secondary N) is 1. The van der Waals surface area contributed by atoms with Crippen molar-refractivity contribution in [2.24, 2.45) is 29.4 Å². The molecular formula is C33H49N5O4. The number of rotatable bonds is 14. The van der Waals surface area contributed by atoms with E-state index in [-0.39, 0.29) is 42.3 Å². The minimum atomic E-state index is -0.994. The van der Waals surface area contributed by atoms with E-state index in [9.17, 15) is 19.5 Å². The summed E-state index contributed by atoms with van der Waals surface area (Å²) in [5, 5.41) is 14.6. The third-order valence-electron chi connectivity index (χ3n) is 8.73. The minimum absolute atomic E-state index is 0.00384. The van der Waals surface area contributed by atoms with Gasteiger partial charge < -0.3 is 16.2 Å². The Hall–Kier alpha value is -3.17. The monoisotopic (exact) mass is 579 g/mol. The molecule has 42 heavy (non-hydrogen) atoms. The molecule has 9 heteroatoms. The van der Waals surface area contributed by atoms with Gasteiger partial charge >= 0.3 is 0 Å². The maximum Gasteiger partial charge on any atom is 0.270 e. The molecule has 3 rings (SSSR count). The van der Waals surface area contributed by atoms with Crippen LogP contribution < -0.4 is 11.1 Å². The average Bonchev–Trinajstić information content (AvgIpc) is 3.01. The van der Waals surface area contributed by atoms with Crippen LogP contribution in [0.15, 0.2) is 48.8 Å². The fourth-order valence-electron chi connectivity index (χ4n) is 5.71. The average molecular weight is 580 g/mol. The molecule has 5 atom stereocenters. The molecule has 1 aliphatic carbocycles. The van der Waals surface area contributed by atoms with Crippen molar-refractivity contribution in [1.82, 2.24) is 20.2 Å². The predicted octanol–water partition coefficient (Wildman–Crippen LogP) is 4.50.